The third-order valence-corrected chi connectivity index (χ3v) is 3.38. The standard InChI is InChI=1S/C11H11Cl2FO/c1-6-10(14)4-8(12)7-2-3-15-5-9(13)11(6)7/h4,9H,2-3,5H2,1H3. The number of fused-ring (bicyclic) bond motifs is 1. The summed E-state index contributed by atoms with van der Waals surface area (Å²) in [7, 11) is 0. The van der Waals surface area contributed by atoms with Gasteiger partial charge in [0.05, 0.1) is 18.6 Å². The molecular weight excluding hydrogens is 238 g/mol. The fourth-order valence-corrected chi connectivity index (χ4v) is 2.59. The second kappa shape index (κ2) is 4.28. The molecule has 0 saturated heterocycles. The first-order valence-corrected chi connectivity index (χ1v) is 5.62. The fraction of sp³-hybridized carbons (Fsp3) is 0.455. The molecule has 1 aromatic rings. The van der Waals surface area contributed by atoms with Crippen LogP contribution in [0, 0.1) is 12.7 Å². The van der Waals surface area contributed by atoms with Gasteiger partial charge in [0.15, 0.2) is 0 Å². The summed E-state index contributed by atoms with van der Waals surface area (Å²) in [4.78, 5) is 0. The highest BCUT2D eigenvalue weighted by molar-refractivity contribution is 6.31. The molecule has 1 atom stereocenters. The maximum Gasteiger partial charge on any atom is 0.127 e. The van der Waals surface area contributed by atoms with Gasteiger partial charge in [0.1, 0.15) is 5.82 Å². The van der Waals surface area contributed by atoms with Crippen LogP contribution in [0.2, 0.25) is 5.02 Å². The Morgan fingerprint density at radius 3 is 3.00 bits per heavy atom. The predicted molar refractivity (Wildman–Crippen MR) is 59.3 cm³/mol. The van der Waals surface area contributed by atoms with E-state index in [1.54, 1.807) is 6.92 Å². The summed E-state index contributed by atoms with van der Waals surface area (Å²) < 4.78 is 18.8. The van der Waals surface area contributed by atoms with Gasteiger partial charge in [-0.25, -0.2) is 4.39 Å². The summed E-state index contributed by atoms with van der Waals surface area (Å²) in [6.07, 6.45) is 0.693. The second-order valence-electron chi connectivity index (χ2n) is 3.65. The molecule has 0 aromatic heterocycles. The van der Waals surface area contributed by atoms with Crippen LogP contribution in [0.4, 0.5) is 4.39 Å². The molecule has 1 aliphatic rings. The van der Waals surface area contributed by atoms with E-state index in [0.717, 1.165) is 11.1 Å². The quantitative estimate of drug-likeness (QED) is 0.638. The Kier molecular flexibility index (Phi) is 3.19. The maximum absolute atomic E-state index is 13.5. The van der Waals surface area contributed by atoms with Gasteiger partial charge >= 0.3 is 0 Å². The van der Waals surface area contributed by atoms with Crippen molar-refractivity contribution in [3.63, 3.8) is 0 Å². The molecular formula is C11H11Cl2FO. The molecule has 1 heterocycles. The zero-order chi connectivity index (χ0) is 11.0. The molecule has 1 unspecified atom stereocenters. The van der Waals surface area contributed by atoms with E-state index in [1.807, 2.05) is 0 Å². The lowest BCUT2D eigenvalue weighted by molar-refractivity contribution is 0.143. The Balaban J connectivity index is 2.63. The van der Waals surface area contributed by atoms with Gasteiger partial charge in [0.2, 0.25) is 0 Å². The highest BCUT2D eigenvalue weighted by Crippen LogP contribution is 2.35. The molecule has 0 N–H and O–H groups in total. The van der Waals surface area contributed by atoms with Gasteiger partial charge in [0, 0.05) is 5.02 Å². The molecule has 82 valence electrons. The van der Waals surface area contributed by atoms with Crippen molar-refractivity contribution in [1.29, 1.82) is 0 Å². The Morgan fingerprint density at radius 2 is 2.27 bits per heavy atom. The number of benzene rings is 1. The van der Waals surface area contributed by atoms with Crippen molar-refractivity contribution in [1.82, 2.24) is 0 Å². The normalized spacial score (nSPS) is 20.9. The van der Waals surface area contributed by atoms with Gasteiger partial charge in [-0.3, -0.25) is 0 Å². The summed E-state index contributed by atoms with van der Waals surface area (Å²) >= 11 is 12.2. The zero-order valence-electron chi connectivity index (χ0n) is 8.32. The lowest BCUT2D eigenvalue weighted by atomic mass is 9.97. The molecule has 0 bridgehead atoms. The number of ether oxygens (including phenoxy) is 1. The Morgan fingerprint density at radius 1 is 1.53 bits per heavy atom. The first kappa shape index (κ1) is 11.2. The first-order chi connectivity index (χ1) is 7.11. The summed E-state index contributed by atoms with van der Waals surface area (Å²) in [6.45, 7) is 2.72. The molecule has 4 heteroatoms. The molecule has 0 fully saturated rings. The summed E-state index contributed by atoms with van der Waals surface area (Å²) in [6, 6.07) is 1.35. The highest BCUT2D eigenvalue weighted by atomic mass is 35.5. The van der Waals surface area contributed by atoms with Gasteiger partial charge < -0.3 is 4.74 Å². The zero-order valence-corrected chi connectivity index (χ0v) is 9.83. The topological polar surface area (TPSA) is 9.23 Å². The monoisotopic (exact) mass is 248 g/mol. The minimum Gasteiger partial charge on any atom is -0.379 e. The summed E-state index contributed by atoms with van der Waals surface area (Å²) in [5.41, 5.74) is 2.31. The number of hydrogen-bond donors (Lipinski definition) is 0. The molecule has 1 aromatic carbocycles. The van der Waals surface area contributed by atoms with Crippen LogP contribution in [-0.4, -0.2) is 13.2 Å². The summed E-state index contributed by atoms with van der Waals surface area (Å²) in [5, 5.41) is 0.139. The lowest BCUT2D eigenvalue weighted by Crippen LogP contribution is -2.04. The minimum absolute atomic E-state index is 0.300. The van der Waals surface area contributed by atoms with Crippen LogP contribution >= 0.6 is 23.2 Å². The van der Waals surface area contributed by atoms with Crippen LogP contribution in [0.3, 0.4) is 0 Å². The van der Waals surface area contributed by atoms with Gasteiger partial charge in [-0.15, -0.1) is 11.6 Å². The van der Waals surface area contributed by atoms with Crippen molar-refractivity contribution < 1.29 is 9.13 Å². The van der Waals surface area contributed by atoms with Crippen molar-refractivity contribution in [2.45, 2.75) is 18.7 Å². The number of rotatable bonds is 0. The smallest absolute Gasteiger partial charge is 0.127 e. The SMILES string of the molecule is Cc1c(F)cc(Cl)c2c1C(Cl)COCC2. The van der Waals surface area contributed by atoms with Crippen molar-refractivity contribution in [3.8, 4) is 0 Å². The van der Waals surface area contributed by atoms with E-state index in [1.165, 1.54) is 6.07 Å². The van der Waals surface area contributed by atoms with Crippen LogP contribution < -0.4 is 0 Å². The lowest BCUT2D eigenvalue weighted by Gasteiger charge is -2.15. The van der Waals surface area contributed by atoms with Gasteiger partial charge in [-0.1, -0.05) is 11.6 Å². The largest absolute Gasteiger partial charge is 0.379 e. The molecule has 1 nitrogen and oxygen atoms in total. The van der Waals surface area contributed by atoms with E-state index in [-0.39, 0.29) is 11.2 Å². The molecule has 0 saturated carbocycles. The van der Waals surface area contributed by atoms with Gasteiger partial charge in [0.25, 0.3) is 0 Å². The second-order valence-corrected chi connectivity index (χ2v) is 4.58. The van der Waals surface area contributed by atoms with E-state index >= 15 is 0 Å². The molecule has 0 radical (unpaired) electrons. The Hall–Kier alpha value is -0.310. The van der Waals surface area contributed by atoms with Crippen LogP contribution in [0.1, 0.15) is 22.1 Å². The van der Waals surface area contributed by atoms with E-state index < -0.39 is 0 Å². The number of halogens is 3. The van der Waals surface area contributed by atoms with Crippen molar-refractivity contribution in [2.24, 2.45) is 0 Å². The van der Waals surface area contributed by atoms with E-state index in [4.69, 9.17) is 27.9 Å². The van der Waals surface area contributed by atoms with Crippen LogP contribution in [0.25, 0.3) is 0 Å². The van der Waals surface area contributed by atoms with Gasteiger partial charge in [-0.05, 0) is 36.1 Å². The highest BCUT2D eigenvalue weighted by Gasteiger charge is 2.23. The molecule has 2 rings (SSSR count). The van der Waals surface area contributed by atoms with Crippen molar-refractivity contribution in [2.75, 3.05) is 13.2 Å². The molecule has 0 aliphatic carbocycles. The number of alkyl halides is 1. The molecule has 1 aliphatic heterocycles. The molecule has 0 spiro atoms. The first-order valence-electron chi connectivity index (χ1n) is 4.80. The third-order valence-electron chi connectivity index (χ3n) is 2.70. The van der Waals surface area contributed by atoms with E-state index in [9.17, 15) is 4.39 Å². The van der Waals surface area contributed by atoms with Crippen LogP contribution in [0.5, 0.6) is 0 Å². The Bertz CT molecular complexity index is 393. The van der Waals surface area contributed by atoms with Crippen LogP contribution in [0.15, 0.2) is 6.07 Å². The Labute approximate surface area is 98.1 Å². The average molecular weight is 249 g/mol. The van der Waals surface area contributed by atoms with E-state index in [2.05, 4.69) is 0 Å². The minimum atomic E-state index is -0.310. The van der Waals surface area contributed by atoms with Crippen molar-refractivity contribution in [3.05, 3.63) is 33.6 Å². The fourth-order valence-electron chi connectivity index (χ4n) is 1.91. The predicted octanol–water partition coefficient (Wildman–Crippen LogP) is 3.64. The van der Waals surface area contributed by atoms with Crippen LogP contribution in [-0.2, 0) is 11.2 Å². The maximum atomic E-state index is 13.5. The molecule has 15 heavy (non-hydrogen) atoms. The molecule has 0 amide bonds. The average Bonchev–Trinajstić information content (AvgIpc) is 2.37. The number of hydrogen-bond acceptors (Lipinski definition) is 1. The van der Waals surface area contributed by atoms with E-state index in [0.29, 0.717) is 30.2 Å². The van der Waals surface area contributed by atoms with Gasteiger partial charge in [-0.2, -0.15) is 0 Å². The summed E-state index contributed by atoms with van der Waals surface area (Å²) in [5.74, 6) is -0.300. The van der Waals surface area contributed by atoms with Crippen molar-refractivity contribution >= 4 is 23.2 Å². The third kappa shape index (κ3) is 1.99.